The molecule has 2 aliphatic heterocycles. The van der Waals surface area contributed by atoms with E-state index in [4.69, 9.17) is 14.2 Å². The smallest absolute Gasteiger partial charge is 0.175 e. The molecule has 2 aromatic rings. The zero-order valence-corrected chi connectivity index (χ0v) is 31.3. The maximum Gasteiger partial charge on any atom is 0.175 e. The van der Waals surface area contributed by atoms with Crippen LogP contribution in [-0.4, -0.2) is 23.1 Å². The maximum absolute atomic E-state index is 14.4. The number of hydrogen-bond donors (Lipinski definition) is 0. The zero-order chi connectivity index (χ0) is 36.3. The summed E-state index contributed by atoms with van der Waals surface area (Å²) >= 11 is 0. The van der Waals surface area contributed by atoms with Crippen LogP contribution in [-0.2, 0) is 25.8 Å². The summed E-state index contributed by atoms with van der Waals surface area (Å²) in [6.07, 6.45) is 0. The van der Waals surface area contributed by atoms with Crippen molar-refractivity contribution in [3.8, 4) is 17.2 Å². The molecule has 0 saturated heterocycles. The second-order valence-corrected chi connectivity index (χ2v) is 17.3. The van der Waals surface area contributed by atoms with Gasteiger partial charge in [0.2, 0.25) is 0 Å². The fourth-order valence-corrected chi connectivity index (χ4v) is 8.68. The quantitative estimate of drug-likeness (QED) is 0.295. The van der Waals surface area contributed by atoms with E-state index in [2.05, 4.69) is 27.7 Å². The molecule has 2 aliphatic carbocycles. The molecule has 0 unspecified atom stereocenters. The van der Waals surface area contributed by atoms with E-state index in [9.17, 15) is 19.2 Å². The van der Waals surface area contributed by atoms with E-state index in [1.54, 1.807) is 27.7 Å². The van der Waals surface area contributed by atoms with E-state index >= 15 is 0 Å². The summed E-state index contributed by atoms with van der Waals surface area (Å²) in [6, 6.07) is 9.95. The highest BCUT2D eigenvalue weighted by atomic mass is 16.5. The second-order valence-electron chi connectivity index (χ2n) is 17.3. The molecule has 0 bridgehead atoms. The molecule has 0 spiro atoms. The van der Waals surface area contributed by atoms with Crippen LogP contribution >= 0.6 is 0 Å². The molecule has 0 saturated carbocycles. The van der Waals surface area contributed by atoms with Crippen LogP contribution in [0.25, 0.3) is 0 Å². The van der Waals surface area contributed by atoms with Crippen molar-refractivity contribution < 1.29 is 33.4 Å². The summed E-state index contributed by atoms with van der Waals surface area (Å²) in [5.41, 5.74) is -0.188. The van der Waals surface area contributed by atoms with Gasteiger partial charge in [0.05, 0.1) is 21.7 Å². The van der Waals surface area contributed by atoms with Gasteiger partial charge in [-0.2, -0.15) is 0 Å². The molecule has 7 nitrogen and oxygen atoms in total. The monoisotopic (exact) mass is 666 g/mol. The summed E-state index contributed by atoms with van der Waals surface area (Å²) in [4.78, 5) is 56.5. The summed E-state index contributed by atoms with van der Waals surface area (Å²) in [7, 11) is 0. The van der Waals surface area contributed by atoms with Gasteiger partial charge >= 0.3 is 0 Å². The molecular formula is C42H50O7. The zero-order valence-electron chi connectivity index (χ0n) is 31.3. The lowest BCUT2D eigenvalue weighted by Gasteiger charge is -2.48. The van der Waals surface area contributed by atoms with Gasteiger partial charge in [-0.05, 0) is 79.7 Å². The predicted molar refractivity (Wildman–Crippen MR) is 188 cm³/mol. The molecule has 2 aromatic carbocycles. The van der Waals surface area contributed by atoms with E-state index in [1.807, 2.05) is 65.0 Å². The number of carbonyl (C=O) groups is 4. The molecule has 6 rings (SSSR count). The highest BCUT2D eigenvalue weighted by molar-refractivity contribution is 6.21. The minimum absolute atomic E-state index is 0.0836. The molecule has 0 radical (unpaired) electrons. The van der Waals surface area contributed by atoms with Crippen LogP contribution in [0.5, 0.6) is 17.2 Å². The lowest BCUT2D eigenvalue weighted by Crippen LogP contribution is -2.53. The second kappa shape index (κ2) is 11.0. The number of Topliss-reactive ketones (excluding diaryl/α,β-unsaturated/α-hetero) is 4. The first-order chi connectivity index (χ1) is 22.6. The highest BCUT2D eigenvalue weighted by Gasteiger charge is 2.61. The van der Waals surface area contributed by atoms with Gasteiger partial charge < -0.3 is 14.2 Å². The van der Waals surface area contributed by atoms with Crippen LogP contribution in [0, 0.1) is 40.4 Å². The number of aryl methyl sites for hydroxylation is 1. The number of rotatable bonds is 5. The maximum atomic E-state index is 14.4. The Morgan fingerprint density at radius 1 is 0.653 bits per heavy atom. The third-order valence-electron chi connectivity index (χ3n) is 11.3. The fraction of sp³-hybridized carbons (Fsp3) is 0.524. The molecule has 0 aromatic heterocycles. The van der Waals surface area contributed by atoms with Crippen molar-refractivity contribution in [2.75, 3.05) is 0 Å². The van der Waals surface area contributed by atoms with Crippen LogP contribution in [0.15, 0.2) is 53.0 Å². The molecule has 260 valence electrons. The minimum atomic E-state index is -1.25. The minimum Gasteiger partial charge on any atom is -0.488 e. The van der Waals surface area contributed by atoms with Crippen molar-refractivity contribution in [2.45, 2.75) is 108 Å². The third kappa shape index (κ3) is 4.81. The Bertz CT molecular complexity index is 1890. The Morgan fingerprint density at radius 2 is 1.10 bits per heavy atom. The standard InChI is InChI=1S/C42H50O7/c1-20(2)26-28-24(47-19-23-16-14-22(5)15-17-23)18-25-29(32(28)49-36-31(26)34(44)40(8,9)38(46)42(36,12)13)27(21(3)4)30-33(43)39(6,7)37(45)41(10,11)35(30)48-25/h14-18,20-21,26-27H,19H2,1-13H3/t26-,27+/m0/s1. The first kappa shape index (κ1) is 34.8. The van der Waals surface area contributed by atoms with E-state index < -0.39 is 33.5 Å². The van der Waals surface area contributed by atoms with E-state index in [1.165, 1.54) is 0 Å². The van der Waals surface area contributed by atoms with Crippen molar-refractivity contribution in [1.29, 1.82) is 0 Å². The van der Waals surface area contributed by atoms with E-state index in [0.717, 1.165) is 11.1 Å². The SMILES string of the molecule is Cc1ccc(COc2cc3c(c4c2[C@H](C(C)C)C2=C(O4)C(C)(C)C(=O)C(C)(C)C2=O)[C@@H](C(C)C)C2=C(O3)C(C)(C)C(=O)C(C)(C)C2=O)cc1. The van der Waals surface area contributed by atoms with Crippen molar-refractivity contribution in [1.82, 2.24) is 0 Å². The van der Waals surface area contributed by atoms with Gasteiger partial charge in [0.15, 0.2) is 23.1 Å². The van der Waals surface area contributed by atoms with Gasteiger partial charge in [-0.25, -0.2) is 0 Å². The van der Waals surface area contributed by atoms with Crippen molar-refractivity contribution in [3.63, 3.8) is 0 Å². The molecule has 0 amide bonds. The Labute approximate surface area is 290 Å². The molecule has 2 heterocycles. The Morgan fingerprint density at radius 3 is 1.57 bits per heavy atom. The van der Waals surface area contributed by atoms with Crippen LogP contribution in [0.4, 0.5) is 0 Å². The number of fused-ring (bicyclic) bond motifs is 3. The summed E-state index contributed by atoms with van der Waals surface area (Å²) < 4.78 is 20.4. The van der Waals surface area contributed by atoms with Crippen LogP contribution in [0.1, 0.15) is 117 Å². The van der Waals surface area contributed by atoms with Gasteiger partial charge in [-0.1, -0.05) is 57.5 Å². The average Bonchev–Trinajstić information content (AvgIpc) is 3.03. The molecule has 4 aliphatic rings. The number of ketones is 4. The molecule has 0 N–H and O–H groups in total. The molecule has 0 fully saturated rings. The van der Waals surface area contributed by atoms with E-state index in [-0.39, 0.29) is 41.6 Å². The highest BCUT2D eigenvalue weighted by Crippen LogP contribution is 2.63. The number of ether oxygens (including phenoxy) is 3. The van der Waals surface area contributed by atoms with Gasteiger partial charge in [-0.15, -0.1) is 0 Å². The van der Waals surface area contributed by atoms with Gasteiger partial charge in [0, 0.05) is 40.2 Å². The molecular weight excluding hydrogens is 616 g/mol. The summed E-state index contributed by atoms with van der Waals surface area (Å²) in [5.74, 6) is 0.0795. The Hall–Kier alpha value is -4.00. The number of hydrogen-bond acceptors (Lipinski definition) is 7. The van der Waals surface area contributed by atoms with Gasteiger partial charge in [0.1, 0.15) is 35.4 Å². The van der Waals surface area contributed by atoms with Gasteiger partial charge in [0.25, 0.3) is 0 Å². The topological polar surface area (TPSA) is 96.0 Å². The fourth-order valence-electron chi connectivity index (χ4n) is 8.68. The lowest BCUT2D eigenvalue weighted by atomic mass is 9.58. The van der Waals surface area contributed by atoms with Crippen molar-refractivity contribution in [3.05, 3.63) is 75.3 Å². The van der Waals surface area contributed by atoms with E-state index in [0.29, 0.717) is 51.0 Å². The predicted octanol–water partition coefficient (Wildman–Crippen LogP) is 8.75. The molecule has 49 heavy (non-hydrogen) atoms. The first-order valence-corrected chi connectivity index (χ1v) is 17.5. The normalized spacial score (nSPS) is 24.6. The Kier molecular flexibility index (Phi) is 7.82. The van der Waals surface area contributed by atoms with Crippen LogP contribution in [0.2, 0.25) is 0 Å². The number of allylic oxidation sites excluding steroid dienone is 4. The third-order valence-corrected chi connectivity index (χ3v) is 11.3. The van der Waals surface area contributed by atoms with Crippen molar-refractivity contribution in [2.24, 2.45) is 33.5 Å². The Balaban J connectivity index is 1.67. The number of benzene rings is 2. The summed E-state index contributed by atoms with van der Waals surface area (Å²) in [5, 5.41) is 0. The first-order valence-electron chi connectivity index (χ1n) is 17.5. The molecule has 2 atom stereocenters. The lowest BCUT2D eigenvalue weighted by molar-refractivity contribution is -0.146. The number of carbonyl (C=O) groups excluding carboxylic acids is 4. The average molecular weight is 667 g/mol. The summed E-state index contributed by atoms with van der Waals surface area (Å²) in [6.45, 7) is 24.6. The largest absolute Gasteiger partial charge is 0.488 e. The van der Waals surface area contributed by atoms with Crippen molar-refractivity contribution >= 4 is 23.1 Å². The molecule has 7 heteroatoms. The van der Waals surface area contributed by atoms with Crippen LogP contribution in [0.3, 0.4) is 0 Å². The van der Waals surface area contributed by atoms with Gasteiger partial charge in [-0.3, -0.25) is 19.2 Å². The van der Waals surface area contributed by atoms with Crippen LogP contribution < -0.4 is 14.2 Å².